The van der Waals surface area contributed by atoms with Gasteiger partial charge in [-0.3, -0.25) is 4.79 Å². The van der Waals surface area contributed by atoms with Gasteiger partial charge in [-0.15, -0.1) is 0 Å². The van der Waals surface area contributed by atoms with Crippen LogP contribution in [0, 0.1) is 6.92 Å². The van der Waals surface area contributed by atoms with Crippen LogP contribution in [-0.2, 0) is 4.79 Å². The van der Waals surface area contributed by atoms with Crippen molar-refractivity contribution in [3.63, 3.8) is 0 Å². The fourth-order valence-corrected chi connectivity index (χ4v) is 4.63. The number of likely N-dealkylation sites (N-methyl/N-ethyl adjacent to an activating group) is 1. The van der Waals surface area contributed by atoms with Crippen molar-refractivity contribution >= 4 is 34.2 Å². The molecule has 0 saturated carbocycles. The van der Waals surface area contributed by atoms with Gasteiger partial charge in [-0.2, -0.15) is 5.10 Å². The van der Waals surface area contributed by atoms with Crippen molar-refractivity contribution in [1.82, 2.24) is 5.43 Å². The van der Waals surface area contributed by atoms with Crippen molar-refractivity contribution in [3.05, 3.63) is 77.4 Å². The normalized spacial score (nSPS) is 14.8. The Morgan fingerprint density at radius 1 is 1.12 bits per heavy atom. The number of ether oxygens (including phenoxy) is 1. The van der Waals surface area contributed by atoms with E-state index < -0.39 is 0 Å². The summed E-state index contributed by atoms with van der Waals surface area (Å²) < 4.78 is 5.74. The third-order valence-electron chi connectivity index (χ3n) is 6.18. The molecule has 0 fully saturated rings. The number of carbonyl (C=O) groups excluding carboxylic acids is 1. The Labute approximate surface area is 195 Å². The van der Waals surface area contributed by atoms with Crippen molar-refractivity contribution in [3.8, 4) is 5.75 Å². The molecule has 1 aliphatic rings. The standard InChI is InChI=1S/C28H31N3O2/c1-6-31-25-14-19(2)22(15-24(25)20(3)16-28(31,4)5)17-29-30-27(32)18-33-26-13-9-11-21-10-7-8-12-23(21)26/h7-17H,6,18H2,1-5H3,(H,30,32)/b29-17-. The minimum absolute atomic E-state index is 0.0219. The molecule has 1 heterocycles. The second-order valence-electron chi connectivity index (χ2n) is 9.01. The van der Waals surface area contributed by atoms with E-state index in [2.05, 4.69) is 68.3 Å². The molecular weight excluding hydrogens is 410 g/mol. The van der Waals surface area contributed by atoms with Crippen LogP contribution in [0.1, 0.15) is 44.4 Å². The highest BCUT2D eigenvalue weighted by Gasteiger charge is 2.30. The van der Waals surface area contributed by atoms with Crippen LogP contribution in [0.5, 0.6) is 5.75 Å². The van der Waals surface area contributed by atoms with Crippen LogP contribution < -0.4 is 15.1 Å². The van der Waals surface area contributed by atoms with Gasteiger partial charge in [-0.1, -0.05) is 42.5 Å². The van der Waals surface area contributed by atoms with Crippen molar-refractivity contribution < 1.29 is 9.53 Å². The molecule has 0 aliphatic carbocycles. The molecular formula is C28H31N3O2. The zero-order valence-corrected chi connectivity index (χ0v) is 20.0. The summed E-state index contributed by atoms with van der Waals surface area (Å²) in [7, 11) is 0. The Morgan fingerprint density at radius 3 is 2.67 bits per heavy atom. The first-order chi connectivity index (χ1) is 15.8. The fraction of sp³-hybridized carbons (Fsp3) is 0.286. The van der Waals surface area contributed by atoms with Crippen LogP contribution in [0.4, 0.5) is 5.69 Å². The van der Waals surface area contributed by atoms with Crippen molar-refractivity contribution in [2.45, 2.75) is 40.2 Å². The lowest BCUT2D eigenvalue weighted by Gasteiger charge is -2.43. The molecule has 0 aromatic heterocycles. The zero-order chi connectivity index (χ0) is 23.6. The number of amides is 1. The molecule has 0 radical (unpaired) electrons. The quantitative estimate of drug-likeness (QED) is 0.394. The number of hydrogen-bond donors (Lipinski definition) is 1. The van der Waals surface area contributed by atoms with E-state index in [4.69, 9.17) is 4.74 Å². The Morgan fingerprint density at radius 2 is 1.88 bits per heavy atom. The van der Waals surface area contributed by atoms with Crippen LogP contribution in [0.2, 0.25) is 0 Å². The highest BCUT2D eigenvalue weighted by molar-refractivity contribution is 5.91. The lowest BCUT2D eigenvalue weighted by molar-refractivity contribution is -0.123. The van der Waals surface area contributed by atoms with Gasteiger partial charge in [0.05, 0.1) is 11.8 Å². The van der Waals surface area contributed by atoms with Crippen molar-refractivity contribution in [1.29, 1.82) is 0 Å². The fourth-order valence-electron chi connectivity index (χ4n) is 4.63. The third-order valence-corrected chi connectivity index (χ3v) is 6.18. The number of carbonyl (C=O) groups is 1. The minimum atomic E-state index is -0.301. The van der Waals surface area contributed by atoms with Gasteiger partial charge in [-0.05, 0) is 74.9 Å². The summed E-state index contributed by atoms with van der Waals surface area (Å²) >= 11 is 0. The summed E-state index contributed by atoms with van der Waals surface area (Å²) in [6, 6.07) is 18.1. The second-order valence-corrected chi connectivity index (χ2v) is 9.01. The summed E-state index contributed by atoms with van der Waals surface area (Å²) in [5.74, 6) is 0.383. The molecule has 3 aromatic rings. The monoisotopic (exact) mass is 441 g/mol. The maximum atomic E-state index is 12.3. The Hall–Kier alpha value is -3.60. The second kappa shape index (κ2) is 9.10. The highest BCUT2D eigenvalue weighted by atomic mass is 16.5. The number of nitrogens with zero attached hydrogens (tertiary/aromatic N) is 2. The number of aryl methyl sites for hydroxylation is 1. The average molecular weight is 442 g/mol. The number of allylic oxidation sites excluding steroid dienone is 1. The van der Waals surface area contributed by atoms with Crippen molar-refractivity contribution in [2.75, 3.05) is 18.1 Å². The molecule has 5 heteroatoms. The third kappa shape index (κ3) is 4.63. The number of nitrogens with one attached hydrogen (secondary N) is 1. The summed E-state index contributed by atoms with van der Waals surface area (Å²) in [5, 5.41) is 6.24. The lowest BCUT2D eigenvalue weighted by atomic mass is 9.87. The molecule has 3 aromatic carbocycles. The number of hydrazone groups is 1. The molecule has 0 unspecified atom stereocenters. The van der Waals surface area contributed by atoms with Crippen LogP contribution in [0.25, 0.3) is 16.3 Å². The average Bonchev–Trinajstić information content (AvgIpc) is 2.78. The van der Waals surface area contributed by atoms with Crippen molar-refractivity contribution in [2.24, 2.45) is 5.10 Å². The number of hydrogen-bond acceptors (Lipinski definition) is 4. The minimum Gasteiger partial charge on any atom is -0.483 e. The molecule has 0 spiro atoms. The van der Waals surface area contributed by atoms with E-state index in [1.807, 2.05) is 42.5 Å². The van der Waals surface area contributed by atoms with Gasteiger partial charge in [0.15, 0.2) is 6.61 Å². The number of fused-ring (bicyclic) bond motifs is 2. The smallest absolute Gasteiger partial charge is 0.277 e. The molecule has 0 atom stereocenters. The summed E-state index contributed by atoms with van der Waals surface area (Å²) in [5.41, 5.74) is 8.35. The maximum Gasteiger partial charge on any atom is 0.277 e. The number of rotatable bonds is 6. The Balaban J connectivity index is 1.44. The summed E-state index contributed by atoms with van der Waals surface area (Å²) in [6.45, 7) is 11.7. The van der Waals surface area contributed by atoms with Gasteiger partial charge in [0.2, 0.25) is 0 Å². The van der Waals surface area contributed by atoms with E-state index in [0.717, 1.165) is 28.4 Å². The predicted octanol–water partition coefficient (Wildman–Crippen LogP) is 5.70. The predicted molar refractivity (Wildman–Crippen MR) is 137 cm³/mol. The topological polar surface area (TPSA) is 53.9 Å². The first-order valence-corrected chi connectivity index (χ1v) is 11.3. The van der Waals surface area contributed by atoms with Gasteiger partial charge in [0, 0.05) is 23.2 Å². The molecule has 5 nitrogen and oxygen atoms in total. The summed E-state index contributed by atoms with van der Waals surface area (Å²) in [6.07, 6.45) is 4.01. The van der Waals surface area contributed by atoms with E-state index >= 15 is 0 Å². The van der Waals surface area contributed by atoms with Crippen LogP contribution >= 0.6 is 0 Å². The van der Waals surface area contributed by atoms with E-state index in [9.17, 15) is 4.79 Å². The maximum absolute atomic E-state index is 12.3. The molecule has 0 saturated heterocycles. The lowest BCUT2D eigenvalue weighted by Crippen LogP contribution is -2.45. The van der Waals surface area contributed by atoms with E-state index in [1.165, 1.54) is 16.8 Å². The van der Waals surface area contributed by atoms with Gasteiger partial charge < -0.3 is 9.64 Å². The molecule has 33 heavy (non-hydrogen) atoms. The Bertz CT molecular complexity index is 1250. The van der Waals surface area contributed by atoms with Crippen LogP contribution in [0.3, 0.4) is 0 Å². The molecule has 170 valence electrons. The SMILES string of the molecule is CCN1c2cc(C)c(/C=N\NC(=O)COc3cccc4ccccc34)cc2C(C)=CC1(C)C. The van der Waals surface area contributed by atoms with Crippen LogP contribution in [0.15, 0.2) is 65.8 Å². The van der Waals surface area contributed by atoms with Crippen LogP contribution in [-0.4, -0.2) is 30.8 Å². The largest absolute Gasteiger partial charge is 0.483 e. The Kier molecular flexibility index (Phi) is 6.23. The summed E-state index contributed by atoms with van der Waals surface area (Å²) in [4.78, 5) is 14.7. The van der Waals surface area contributed by atoms with Gasteiger partial charge >= 0.3 is 0 Å². The molecule has 1 aliphatic heterocycles. The first kappa shape index (κ1) is 22.6. The molecule has 1 amide bonds. The van der Waals surface area contributed by atoms with E-state index in [1.54, 1.807) is 6.21 Å². The zero-order valence-electron chi connectivity index (χ0n) is 20.0. The molecule has 4 rings (SSSR count). The number of anilines is 1. The van der Waals surface area contributed by atoms with E-state index in [-0.39, 0.29) is 18.1 Å². The van der Waals surface area contributed by atoms with Gasteiger partial charge in [0.1, 0.15) is 5.75 Å². The number of benzene rings is 3. The van der Waals surface area contributed by atoms with Gasteiger partial charge in [0.25, 0.3) is 5.91 Å². The highest BCUT2D eigenvalue weighted by Crippen LogP contribution is 2.39. The van der Waals surface area contributed by atoms with E-state index in [0.29, 0.717) is 5.75 Å². The first-order valence-electron chi connectivity index (χ1n) is 11.3. The molecule has 0 bridgehead atoms. The molecule has 1 N–H and O–H groups in total. The van der Waals surface area contributed by atoms with Gasteiger partial charge in [-0.25, -0.2) is 5.43 Å².